The maximum absolute atomic E-state index is 12.9. The summed E-state index contributed by atoms with van der Waals surface area (Å²) < 4.78 is 0. The van der Waals surface area contributed by atoms with Crippen molar-refractivity contribution in [3.05, 3.63) is 70.8 Å². The lowest BCUT2D eigenvalue weighted by Crippen LogP contribution is -2.50. The molecule has 0 spiro atoms. The van der Waals surface area contributed by atoms with Gasteiger partial charge in [0.2, 0.25) is 23.6 Å². The van der Waals surface area contributed by atoms with E-state index in [-0.39, 0.29) is 59.4 Å². The van der Waals surface area contributed by atoms with Gasteiger partial charge in [-0.2, -0.15) is 0 Å². The fraction of sp³-hybridized carbons (Fsp3) is 0.538. The topological polar surface area (TPSA) is 191 Å². The SMILES string of the molecule is CCC(C)[C@H](NC(=O)Cc1ccc(C(=O)O)cc1)C(=O)NCCCCCCCCCNC(=O)[C@@H](NC(=O)Cc1ccc(C(=O)O)cc1)C(C)CC. The van der Waals surface area contributed by atoms with Gasteiger partial charge < -0.3 is 31.5 Å². The van der Waals surface area contributed by atoms with E-state index in [0.717, 1.165) is 57.8 Å². The highest BCUT2D eigenvalue weighted by atomic mass is 16.4. The van der Waals surface area contributed by atoms with Gasteiger partial charge in [0.25, 0.3) is 0 Å². The first-order valence-electron chi connectivity index (χ1n) is 18.1. The summed E-state index contributed by atoms with van der Waals surface area (Å²) in [6.45, 7) is 8.83. The summed E-state index contributed by atoms with van der Waals surface area (Å²) in [5.41, 5.74) is 1.64. The van der Waals surface area contributed by atoms with Gasteiger partial charge in [-0.05, 0) is 60.1 Å². The maximum atomic E-state index is 12.9. The van der Waals surface area contributed by atoms with Crippen LogP contribution in [0.2, 0.25) is 0 Å². The number of hydrogen-bond acceptors (Lipinski definition) is 6. The average molecular weight is 709 g/mol. The summed E-state index contributed by atoms with van der Waals surface area (Å²) in [5, 5.41) is 29.7. The first-order chi connectivity index (χ1) is 24.4. The smallest absolute Gasteiger partial charge is 0.335 e. The summed E-state index contributed by atoms with van der Waals surface area (Å²) in [5.74, 6) is -3.16. The predicted octanol–water partition coefficient (Wildman–Crippen LogP) is 4.89. The molecule has 2 rings (SSSR count). The van der Waals surface area contributed by atoms with Crippen LogP contribution in [0.25, 0.3) is 0 Å². The van der Waals surface area contributed by atoms with Crippen molar-refractivity contribution in [3.8, 4) is 0 Å². The van der Waals surface area contributed by atoms with Crippen LogP contribution in [0.15, 0.2) is 48.5 Å². The van der Waals surface area contributed by atoms with Gasteiger partial charge >= 0.3 is 11.9 Å². The van der Waals surface area contributed by atoms with E-state index in [1.807, 2.05) is 27.7 Å². The minimum Gasteiger partial charge on any atom is -0.478 e. The number of unbranched alkanes of at least 4 members (excludes halogenated alkanes) is 6. The van der Waals surface area contributed by atoms with E-state index in [9.17, 15) is 28.8 Å². The highest BCUT2D eigenvalue weighted by molar-refractivity contribution is 5.90. The van der Waals surface area contributed by atoms with Gasteiger partial charge in [0.15, 0.2) is 0 Å². The molecule has 0 saturated carbocycles. The lowest BCUT2D eigenvalue weighted by molar-refractivity contribution is -0.130. The zero-order chi connectivity index (χ0) is 37.8. The number of carboxylic acids is 2. The summed E-state index contributed by atoms with van der Waals surface area (Å²) in [4.78, 5) is 73.3. The molecule has 280 valence electrons. The summed E-state index contributed by atoms with van der Waals surface area (Å²) >= 11 is 0. The Labute approximate surface area is 301 Å². The van der Waals surface area contributed by atoms with Gasteiger partial charge in [-0.15, -0.1) is 0 Å². The second kappa shape index (κ2) is 22.9. The van der Waals surface area contributed by atoms with Crippen LogP contribution in [0.3, 0.4) is 0 Å². The number of carbonyl (C=O) groups is 6. The Bertz CT molecular complexity index is 1320. The fourth-order valence-electron chi connectivity index (χ4n) is 5.53. The Morgan fingerprint density at radius 2 is 0.843 bits per heavy atom. The van der Waals surface area contributed by atoms with Crippen LogP contribution in [0.1, 0.15) is 117 Å². The first kappa shape index (κ1) is 42.4. The minimum absolute atomic E-state index is 0.0513. The number of benzene rings is 2. The summed E-state index contributed by atoms with van der Waals surface area (Å²) in [7, 11) is 0. The van der Waals surface area contributed by atoms with Crippen molar-refractivity contribution in [1.29, 1.82) is 0 Å². The van der Waals surface area contributed by atoms with E-state index in [0.29, 0.717) is 24.2 Å². The van der Waals surface area contributed by atoms with Crippen LogP contribution in [-0.2, 0) is 32.0 Å². The Kier molecular flexibility index (Phi) is 19.0. The van der Waals surface area contributed by atoms with Crippen LogP contribution >= 0.6 is 0 Å². The van der Waals surface area contributed by atoms with Gasteiger partial charge in [0, 0.05) is 13.1 Å². The molecule has 6 N–H and O–H groups in total. The van der Waals surface area contributed by atoms with Gasteiger partial charge in [-0.3, -0.25) is 19.2 Å². The molecular formula is C39H56N4O8. The van der Waals surface area contributed by atoms with E-state index in [1.54, 1.807) is 24.3 Å². The van der Waals surface area contributed by atoms with Crippen LogP contribution in [0.4, 0.5) is 0 Å². The van der Waals surface area contributed by atoms with Crippen molar-refractivity contribution in [1.82, 2.24) is 21.3 Å². The molecule has 0 saturated heterocycles. The number of nitrogens with one attached hydrogen (secondary N) is 4. The van der Waals surface area contributed by atoms with Gasteiger partial charge in [0.05, 0.1) is 24.0 Å². The van der Waals surface area contributed by atoms with Crippen molar-refractivity contribution in [3.63, 3.8) is 0 Å². The second-order valence-electron chi connectivity index (χ2n) is 13.3. The van der Waals surface area contributed by atoms with E-state index in [2.05, 4.69) is 21.3 Å². The molecule has 4 amide bonds. The second-order valence-corrected chi connectivity index (χ2v) is 13.3. The van der Waals surface area contributed by atoms with E-state index in [1.165, 1.54) is 24.3 Å². The Balaban J connectivity index is 1.62. The third-order valence-electron chi connectivity index (χ3n) is 9.21. The number of aromatic carboxylic acids is 2. The molecule has 2 aromatic carbocycles. The molecule has 0 aromatic heterocycles. The molecule has 2 unspecified atom stereocenters. The van der Waals surface area contributed by atoms with Crippen molar-refractivity contribution < 1.29 is 39.0 Å². The van der Waals surface area contributed by atoms with Crippen LogP contribution in [-0.4, -0.2) is 71.0 Å². The molecule has 0 aliphatic heterocycles. The summed E-state index contributed by atoms with van der Waals surface area (Å²) in [6, 6.07) is 10.9. The molecule has 0 aliphatic carbocycles. The van der Waals surface area contributed by atoms with Crippen LogP contribution in [0.5, 0.6) is 0 Å². The molecule has 51 heavy (non-hydrogen) atoms. The quantitative estimate of drug-likeness (QED) is 0.0831. The molecule has 0 aliphatic rings. The molecule has 0 radical (unpaired) electrons. The number of rotatable bonds is 24. The number of carbonyl (C=O) groups excluding carboxylic acids is 4. The van der Waals surface area contributed by atoms with Crippen molar-refractivity contribution in [2.75, 3.05) is 13.1 Å². The largest absolute Gasteiger partial charge is 0.478 e. The van der Waals surface area contributed by atoms with Gasteiger partial charge in [0.1, 0.15) is 12.1 Å². The van der Waals surface area contributed by atoms with Crippen LogP contribution in [0, 0.1) is 11.8 Å². The van der Waals surface area contributed by atoms with E-state index < -0.39 is 24.0 Å². The van der Waals surface area contributed by atoms with Gasteiger partial charge in [-0.25, -0.2) is 9.59 Å². The summed E-state index contributed by atoms with van der Waals surface area (Å²) in [6.07, 6.45) is 8.22. The fourth-order valence-corrected chi connectivity index (χ4v) is 5.53. The van der Waals surface area contributed by atoms with E-state index in [4.69, 9.17) is 10.2 Å². The molecule has 12 nitrogen and oxygen atoms in total. The Morgan fingerprint density at radius 3 is 1.14 bits per heavy atom. The number of hydrogen-bond donors (Lipinski definition) is 6. The third kappa shape index (κ3) is 15.8. The molecular weight excluding hydrogens is 652 g/mol. The minimum atomic E-state index is -1.03. The number of carboxylic acid groups (broad SMARTS) is 2. The standard InChI is InChI=1S/C39H56N4O8/c1-5-26(3)34(42-32(44)24-28-14-18-30(19-15-28)38(48)49)36(46)40-22-12-10-8-7-9-11-13-23-41-37(47)35(27(4)6-2)43-33(45)25-29-16-20-31(21-17-29)39(50)51/h14-21,26-27,34-35H,5-13,22-25H2,1-4H3,(H,40,46)(H,41,47)(H,42,44)(H,43,45)(H,48,49)(H,50,51)/t26?,27?,34-,35-/m0/s1. The molecule has 0 heterocycles. The predicted molar refractivity (Wildman–Crippen MR) is 195 cm³/mol. The normalized spacial score (nSPS) is 13.3. The van der Waals surface area contributed by atoms with Crippen molar-refractivity contribution >= 4 is 35.6 Å². The first-order valence-corrected chi connectivity index (χ1v) is 18.1. The van der Waals surface area contributed by atoms with Crippen molar-refractivity contribution in [2.24, 2.45) is 11.8 Å². The van der Waals surface area contributed by atoms with E-state index >= 15 is 0 Å². The number of amides is 4. The molecule has 12 heteroatoms. The monoisotopic (exact) mass is 708 g/mol. The highest BCUT2D eigenvalue weighted by Crippen LogP contribution is 2.13. The van der Waals surface area contributed by atoms with Crippen molar-refractivity contribution in [2.45, 2.75) is 110 Å². The maximum Gasteiger partial charge on any atom is 0.335 e. The molecule has 0 fully saturated rings. The third-order valence-corrected chi connectivity index (χ3v) is 9.21. The average Bonchev–Trinajstić information content (AvgIpc) is 3.11. The molecule has 4 atom stereocenters. The molecule has 2 aromatic rings. The zero-order valence-electron chi connectivity index (χ0n) is 30.5. The lowest BCUT2D eigenvalue weighted by Gasteiger charge is -2.23. The Hall–Kier alpha value is -4.74. The molecule has 0 bridgehead atoms. The highest BCUT2D eigenvalue weighted by Gasteiger charge is 2.27. The zero-order valence-corrected chi connectivity index (χ0v) is 30.5. The lowest BCUT2D eigenvalue weighted by atomic mass is 9.97. The Morgan fingerprint density at radius 1 is 0.529 bits per heavy atom. The van der Waals surface area contributed by atoms with Gasteiger partial charge in [-0.1, -0.05) is 96.9 Å². The van der Waals surface area contributed by atoms with Crippen LogP contribution < -0.4 is 21.3 Å².